The Bertz CT molecular complexity index is 666. The predicted octanol–water partition coefficient (Wildman–Crippen LogP) is 1.79. The summed E-state index contributed by atoms with van der Waals surface area (Å²) in [6.07, 6.45) is 0. The fourth-order valence-electron chi connectivity index (χ4n) is 1.58. The second-order valence-corrected chi connectivity index (χ2v) is 5.08. The first-order valence-corrected chi connectivity index (χ1v) is 6.61. The van der Waals surface area contributed by atoms with E-state index in [0.717, 1.165) is 16.9 Å². The number of rotatable bonds is 4. The topological polar surface area (TPSA) is 99.5 Å². The first kappa shape index (κ1) is 14.0. The third-order valence-electron chi connectivity index (χ3n) is 2.57. The number of aryl methyl sites for hydroxylation is 1. The SMILES string of the molecule is Cc1ccc(C(=O)NCc2nc(C(=O)O)cs2)c(O)c1. The van der Waals surface area contributed by atoms with Crippen LogP contribution in [0.15, 0.2) is 23.6 Å². The number of aromatic carboxylic acids is 1. The number of benzene rings is 1. The van der Waals surface area contributed by atoms with E-state index in [1.807, 2.05) is 6.92 Å². The fraction of sp³-hybridized carbons (Fsp3) is 0.154. The Balaban J connectivity index is 2.02. The van der Waals surface area contributed by atoms with Gasteiger partial charge in [0.25, 0.3) is 5.91 Å². The third-order valence-corrected chi connectivity index (χ3v) is 3.42. The van der Waals surface area contributed by atoms with Crippen molar-refractivity contribution in [1.82, 2.24) is 10.3 Å². The van der Waals surface area contributed by atoms with E-state index in [9.17, 15) is 14.7 Å². The number of hydrogen-bond acceptors (Lipinski definition) is 5. The van der Waals surface area contributed by atoms with Gasteiger partial charge in [0.05, 0.1) is 12.1 Å². The van der Waals surface area contributed by atoms with E-state index >= 15 is 0 Å². The summed E-state index contributed by atoms with van der Waals surface area (Å²) in [7, 11) is 0. The fourth-order valence-corrected chi connectivity index (χ4v) is 2.28. The Labute approximate surface area is 118 Å². The van der Waals surface area contributed by atoms with Crippen LogP contribution in [0.1, 0.15) is 31.4 Å². The van der Waals surface area contributed by atoms with Crippen molar-refractivity contribution in [2.24, 2.45) is 0 Å². The maximum Gasteiger partial charge on any atom is 0.355 e. The minimum absolute atomic E-state index is 0.0440. The van der Waals surface area contributed by atoms with Crippen LogP contribution in [0.3, 0.4) is 0 Å². The zero-order valence-corrected chi connectivity index (χ0v) is 11.4. The second-order valence-electron chi connectivity index (χ2n) is 4.13. The van der Waals surface area contributed by atoms with E-state index in [2.05, 4.69) is 10.3 Å². The number of carbonyl (C=O) groups is 2. The highest BCUT2D eigenvalue weighted by molar-refractivity contribution is 7.09. The van der Waals surface area contributed by atoms with Crippen LogP contribution >= 0.6 is 11.3 Å². The summed E-state index contributed by atoms with van der Waals surface area (Å²) >= 11 is 1.15. The van der Waals surface area contributed by atoms with Crippen LogP contribution in [0, 0.1) is 6.92 Å². The van der Waals surface area contributed by atoms with Crippen molar-refractivity contribution in [3.8, 4) is 5.75 Å². The van der Waals surface area contributed by atoms with Gasteiger partial charge in [-0.2, -0.15) is 0 Å². The van der Waals surface area contributed by atoms with Crippen molar-refractivity contribution in [3.05, 3.63) is 45.4 Å². The highest BCUT2D eigenvalue weighted by Gasteiger charge is 2.13. The van der Waals surface area contributed by atoms with Crippen molar-refractivity contribution < 1.29 is 19.8 Å². The van der Waals surface area contributed by atoms with Gasteiger partial charge >= 0.3 is 5.97 Å². The minimum Gasteiger partial charge on any atom is -0.507 e. The lowest BCUT2D eigenvalue weighted by Gasteiger charge is -2.06. The molecule has 2 aromatic rings. The molecule has 0 saturated heterocycles. The number of aromatic nitrogens is 1. The predicted molar refractivity (Wildman–Crippen MR) is 73.1 cm³/mol. The lowest BCUT2D eigenvalue weighted by molar-refractivity contribution is 0.0691. The van der Waals surface area contributed by atoms with Gasteiger partial charge in [0.15, 0.2) is 5.69 Å². The molecule has 0 atom stereocenters. The van der Waals surface area contributed by atoms with Crippen LogP contribution in [0.25, 0.3) is 0 Å². The highest BCUT2D eigenvalue weighted by atomic mass is 32.1. The zero-order valence-electron chi connectivity index (χ0n) is 10.6. The molecule has 1 aromatic heterocycles. The molecule has 0 saturated carbocycles. The zero-order chi connectivity index (χ0) is 14.7. The lowest BCUT2D eigenvalue weighted by Crippen LogP contribution is -2.22. The Morgan fingerprint density at radius 2 is 2.15 bits per heavy atom. The number of phenols is 1. The van der Waals surface area contributed by atoms with Gasteiger partial charge in [-0.3, -0.25) is 4.79 Å². The third kappa shape index (κ3) is 3.12. The summed E-state index contributed by atoms with van der Waals surface area (Å²) in [6.45, 7) is 1.93. The number of amides is 1. The number of phenolic OH excluding ortho intramolecular Hbond substituents is 1. The molecule has 3 N–H and O–H groups in total. The Hall–Kier alpha value is -2.41. The monoisotopic (exact) mass is 292 g/mol. The Morgan fingerprint density at radius 1 is 1.40 bits per heavy atom. The molecule has 0 radical (unpaired) electrons. The molecular weight excluding hydrogens is 280 g/mol. The summed E-state index contributed by atoms with van der Waals surface area (Å²) in [4.78, 5) is 26.4. The van der Waals surface area contributed by atoms with E-state index in [1.54, 1.807) is 6.07 Å². The van der Waals surface area contributed by atoms with Gasteiger partial charge in [-0.25, -0.2) is 9.78 Å². The number of nitrogens with zero attached hydrogens (tertiary/aromatic N) is 1. The molecule has 6 nitrogen and oxygen atoms in total. The maximum atomic E-state index is 11.9. The van der Waals surface area contributed by atoms with Gasteiger partial charge in [0, 0.05) is 5.38 Å². The van der Waals surface area contributed by atoms with Crippen molar-refractivity contribution in [3.63, 3.8) is 0 Å². The van der Waals surface area contributed by atoms with Gasteiger partial charge in [-0.15, -0.1) is 11.3 Å². The highest BCUT2D eigenvalue weighted by Crippen LogP contribution is 2.18. The molecule has 104 valence electrons. The number of nitrogens with one attached hydrogen (secondary N) is 1. The van der Waals surface area contributed by atoms with Crippen LogP contribution in [0.4, 0.5) is 0 Å². The van der Waals surface area contributed by atoms with Gasteiger partial charge in [-0.05, 0) is 24.6 Å². The van der Waals surface area contributed by atoms with Gasteiger partial charge in [-0.1, -0.05) is 6.07 Å². The van der Waals surface area contributed by atoms with E-state index in [-0.39, 0.29) is 23.6 Å². The van der Waals surface area contributed by atoms with E-state index in [4.69, 9.17) is 5.11 Å². The molecule has 20 heavy (non-hydrogen) atoms. The van der Waals surface area contributed by atoms with Crippen LogP contribution in [0.5, 0.6) is 5.75 Å². The van der Waals surface area contributed by atoms with Crippen molar-refractivity contribution in [2.75, 3.05) is 0 Å². The smallest absolute Gasteiger partial charge is 0.355 e. The average Bonchev–Trinajstić information content (AvgIpc) is 2.85. The molecule has 7 heteroatoms. The van der Waals surface area contributed by atoms with Crippen molar-refractivity contribution >= 4 is 23.2 Å². The molecule has 0 bridgehead atoms. The number of carboxylic acids is 1. The maximum absolute atomic E-state index is 11.9. The number of thiazole rings is 1. The lowest BCUT2D eigenvalue weighted by atomic mass is 10.1. The molecule has 1 aromatic carbocycles. The molecule has 0 aliphatic rings. The standard InChI is InChI=1S/C13H12N2O4S/c1-7-2-3-8(10(16)4-7)12(17)14-5-11-15-9(6-20-11)13(18)19/h2-4,6,16H,5H2,1H3,(H,14,17)(H,18,19). The number of aromatic hydroxyl groups is 1. The number of carboxylic acid groups (broad SMARTS) is 1. The molecule has 0 spiro atoms. The second kappa shape index (κ2) is 5.70. The van der Waals surface area contributed by atoms with Crippen molar-refractivity contribution in [1.29, 1.82) is 0 Å². The van der Waals surface area contributed by atoms with E-state index in [0.29, 0.717) is 5.01 Å². The quantitative estimate of drug-likeness (QED) is 0.797. The van der Waals surface area contributed by atoms with Crippen LogP contribution in [0.2, 0.25) is 0 Å². The Morgan fingerprint density at radius 3 is 2.75 bits per heavy atom. The summed E-state index contributed by atoms with van der Waals surface area (Å²) in [5.74, 6) is -1.63. The molecular formula is C13H12N2O4S. The molecule has 1 heterocycles. The minimum atomic E-state index is -1.10. The Kier molecular flexibility index (Phi) is 3.99. The average molecular weight is 292 g/mol. The largest absolute Gasteiger partial charge is 0.507 e. The molecule has 0 aliphatic heterocycles. The van der Waals surface area contributed by atoms with E-state index in [1.165, 1.54) is 17.5 Å². The van der Waals surface area contributed by atoms with Gasteiger partial charge < -0.3 is 15.5 Å². The summed E-state index contributed by atoms with van der Waals surface area (Å²) in [5, 5.41) is 22.9. The normalized spacial score (nSPS) is 10.2. The summed E-state index contributed by atoms with van der Waals surface area (Å²) in [5.41, 5.74) is 0.980. The van der Waals surface area contributed by atoms with Crippen LogP contribution < -0.4 is 5.32 Å². The first-order valence-electron chi connectivity index (χ1n) is 5.73. The first-order chi connectivity index (χ1) is 9.47. The van der Waals surface area contributed by atoms with E-state index < -0.39 is 11.9 Å². The van der Waals surface area contributed by atoms with Gasteiger partial charge in [0.2, 0.25) is 0 Å². The molecule has 0 fully saturated rings. The molecule has 1 amide bonds. The summed E-state index contributed by atoms with van der Waals surface area (Å²) < 4.78 is 0. The molecule has 2 rings (SSSR count). The molecule has 0 unspecified atom stereocenters. The van der Waals surface area contributed by atoms with Crippen LogP contribution in [-0.4, -0.2) is 27.1 Å². The summed E-state index contributed by atoms with van der Waals surface area (Å²) in [6, 6.07) is 4.76. The van der Waals surface area contributed by atoms with Crippen LogP contribution in [-0.2, 0) is 6.54 Å². The number of hydrogen-bond donors (Lipinski definition) is 3. The van der Waals surface area contributed by atoms with Gasteiger partial charge in [0.1, 0.15) is 10.8 Å². The number of carbonyl (C=O) groups excluding carboxylic acids is 1. The molecule has 0 aliphatic carbocycles. The van der Waals surface area contributed by atoms with Crippen molar-refractivity contribution in [2.45, 2.75) is 13.5 Å².